The maximum absolute atomic E-state index is 2.37. The lowest BCUT2D eigenvalue weighted by atomic mass is 9.95. The Bertz CT molecular complexity index is 331. The van der Waals surface area contributed by atoms with E-state index in [1.54, 1.807) is 0 Å². The Labute approximate surface area is 86.1 Å². The Morgan fingerprint density at radius 3 is 2.79 bits per heavy atom. The normalized spacial score (nSPS) is 24.4. The minimum atomic E-state index is 0.571. The molecule has 0 bridgehead atoms. The molecule has 0 N–H and O–H groups in total. The molecule has 0 radical (unpaired) electrons. The first-order chi connectivity index (χ1) is 6.86. The molecule has 2 rings (SSSR count). The number of nitrogens with zero attached hydrogens (tertiary/aromatic N) is 1. The first-order valence-electron chi connectivity index (χ1n) is 5.40. The third-order valence-corrected chi connectivity index (χ3v) is 2.95. The predicted molar refractivity (Wildman–Crippen MR) is 60.7 cm³/mol. The second kappa shape index (κ2) is 3.87. The molecule has 1 heteroatoms. The minimum Gasteiger partial charge on any atom is -0.341 e. The van der Waals surface area contributed by atoms with Crippen LogP contribution in [0.5, 0.6) is 0 Å². The smallest absolute Gasteiger partial charge is 0.0546 e. The van der Waals surface area contributed by atoms with Gasteiger partial charge in [-0.1, -0.05) is 26.0 Å². The van der Waals surface area contributed by atoms with Gasteiger partial charge in [0.05, 0.1) is 6.04 Å². The standard InChI is InChI=1S/C13H17N/c1-3-11-8-9-12-7-5-6-10-14(12)13(11)4-2/h5-10,13H,3-4H2,1-2H3. The van der Waals surface area contributed by atoms with Crippen LogP contribution in [0.4, 0.5) is 0 Å². The molecule has 0 saturated carbocycles. The zero-order valence-corrected chi connectivity index (χ0v) is 8.90. The molecular formula is C13H17N. The molecule has 1 unspecified atom stereocenters. The number of hydrogen-bond donors (Lipinski definition) is 0. The van der Waals surface area contributed by atoms with Crippen LogP contribution in [-0.2, 0) is 0 Å². The van der Waals surface area contributed by atoms with E-state index in [2.05, 4.69) is 55.3 Å². The Kier molecular flexibility index (Phi) is 2.58. The molecule has 74 valence electrons. The predicted octanol–water partition coefficient (Wildman–Crippen LogP) is 3.38. The van der Waals surface area contributed by atoms with Gasteiger partial charge in [0.25, 0.3) is 0 Å². The van der Waals surface area contributed by atoms with Gasteiger partial charge >= 0.3 is 0 Å². The van der Waals surface area contributed by atoms with Crippen molar-refractivity contribution >= 4 is 0 Å². The fraction of sp³-hybridized carbons (Fsp3) is 0.385. The van der Waals surface area contributed by atoms with Gasteiger partial charge in [-0.15, -0.1) is 0 Å². The summed E-state index contributed by atoms with van der Waals surface area (Å²) in [6, 6.07) is 0.571. The molecule has 1 nitrogen and oxygen atoms in total. The average molecular weight is 187 g/mol. The van der Waals surface area contributed by atoms with E-state index < -0.39 is 0 Å². The second-order valence-electron chi connectivity index (χ2n) is 3.72. The van der Waals surface area contributed by atoms with Gasteiger partial charge in [-0.3, -0.25) is 0 Å². The van der Waals surface area contributed by atoms with Crippen molar-refractivity contribution in [3.8, 4) is 0 Å². The summed E-state index contributed by atoms with van der Waals surface area (Å²) in [5.41, 5.74) is 2.85. The molecule has 0 aromatic rings. The van der Waals surface area contributed by atoms with E-state index >= 15 is 0 Å². The summed E-state index contributed by atoms with van der Waals surface area (Å²) in [5.74, 6) is 0. The lowest BCUT2D eigenvalue weighted by Gasteiger charge is -2.36. The molecular weight excluding hydrogens is 170 g/mol. The van der Waals surface area contributed by atoms with Gasteiger partial charge in [0.1, 0.15) is 0 Å². The molecule has 2 aliphatic heterocycles. The minimum absolute atomic E-state index is 0.571. The van der Waals surface area contributed by atoms with Crippen LogP contribution >= 0.6 is 0 Å². The monoisotopic (exact) mass is 187 g/mol. The third kappa shape index (κ3) is 1.43. The van der Waals surface area contributed by atoms with Crippen LogP contribution in [0.25, 0.3) is 0 Å². The first-order valence-corrected chi connectivity index (χ1v) is 5.40. The number of allylic oxidation sites excluding steroid dienone is 5. The van der Waals surface area contributed by atoms with E-state index in [-0.39, 0.29) is 0 Å². The molecule has 14 heavy (non-hydrogen) atoms. The summed E-state index contributed by atoms with van der Waals surface area (Å²) < 4.78 is 0. The summed E-state index contributed by atoms with van der Waals surface area (Å²) in [5, 5.41) is 0. The third-order valence-electron chi connectivity index (χ3n) is 2.95. The molecule has 1 atom stereocenters. The first kappa shape index (κ1) is 9.32. The van der Waals surface area contributed by atoms with Crippen molar-refractivity contribution in [1.29, 1.82) is 0 Å². The molecule has 0 aromatic heterocycles. The van der Waals surface area contributed by atoms with Crippen molar-refractivity contribution in [3.05, 3.63) is 47.9 Å². The van der Waals surface area contributed by atoms with Crippen molar-refractivity contribution in [3.63, 3.8) is 0 Å². The maximum Gasteiger partial charge on any atom is 0.0546 e. The molecule has 0 saturated heterocycles. The molecule has 0 amide bonds. The molecule has 0 fully saturated rings. The maximum atomic E-state index is 2.37. The van der Waals surface area contributed by atoms with Gasteiger partial charge in [0.2, 0.25) is 0 Å². The van der Waals surface area contributed by atoms with Gasteiger partial charge in [0, 0.05) is 11.9 Å². The van der Waals surface area contributed by atoms with Gasteiger partial charge in [-0.2, -0.15) is 0 Å². The van der Waals surface area contributed by atoms with Crippen molar-refractivity contribution < 1.29 is 0 Å². The summed E-state index contributed by atoms with van der Waals surface area (Å²) >= 11 is 0. The fourth-order valence-electron chi connectivity index (χ4n) is 2.19. The van der Waals surface area contributed by atoms with E-state index in [4.69, 9.17) is 0 Å². The Hall–Kier alpha value is -1.24. The number of rotatable bonds is 2. The Balaban J connectivity index is 2.33. The lowest BCUT2D eigenvalue weighted by molar-refractivity contribution is 0.364. The lowest BCUT2D eigenvalue weighted by Crippen LogP contribution is -2.33. The van der Waals surface area contributed by atoms with Gasteiger partial charge in [0.15, 0.2) is 0 Å². The summed E-state index contributed by atoms with van der Waals surface area (Å²) in [7, 11) is 0. The van der Waals surface area contributed by atoms with Crippen molar-refractivity contribution in [2.24, 2.45) is 0 Å². The van der Waals surface area contributed by atoms with Crippen LogP contribution in [0.15, 0.2) is 47.9 Å². The van der Waals surface area contributed by atoms with Crippen LogP contribution in [0.2, 0.25) is 0 Å². The van der Waals surface area contributed by atoms with Crippen LogP contribution in [0, 0.1) is 0 Å². The highest BCUT2D eigenvalue weighted by Gasteiger charge is 2.22. The van der Waals surface area contributed by atoms with Gasteiger partial charge < -0.3 is 4.90 Å². The molecule has 0 aliphatic carbocycles. The second-order valence-corrected chi connectivity index (χ2v) is 3.72. The van der Waals surface area contributed by atoms with Crippen LogP contribution < -0.4 is 0 Å². The SMILES string of the molecule is CCC1=CC=C2C=CC=CN2C1CC. The van der Waals surface area contributed by atoms with E-state index in [1.807, 2.05) is 0 Å². The molecule has 2 heterocycles. The number of hydrogen-bond acceptors (Lipinski definition) is 1. The largest absolute Gasteiger partial charge is 0.341 e. The average Bonchev–Trinajstić information content (AvgIpc) is 2.27. The van der Waals surface area contributed by atoms with E-state index in [1.165, 1.54) is 17.7 Å². The van der Waals surface area contributed by atoms with E-state index in [9.17, 15) is 0 Å². The summed E-state index contributed by atoms with van der Waals surface area (Å²) in [4.78, 5) is 2.37. The quantitative estimate of drug-likeness (QED) is 0.640. The van der Waals surface area contributed by atoms with Crippen molar-refractivity contribution in [1.82, 2.24) is 4.90 Å². The number of fused-ring (bicyclic) bond motifs is 1. The van der Waals surface area contributed by atoms with Gasteiger partial charge in [-0.25, -0.2) is 0 Å². The van der Waals surface area contributed by atoms with Gasteiger partial charge in [-0.05, 0) is 36.6 Å². The molecule has 0 aromatic carbocycles. The highest BCUT2D eigenvalue weighted by Crippen LogP contribution is 2.28. The van der Waals surface area contributed by atoms with Crippen LogP contribution in [-0.4, -0.2) is 10.9 Å². The zero-order chi connectivity index (χ0) is 9.97. The summed E-state index contributed by atoms with van der Waals surface area (Å²) in [6.07, 6.45) is 15.4. The fourth-order valence-corrected chi connectivity index (χ4v) is 2.19. The summed E-state index contributed by atoms with van der Waals surface area (Å²) in [6.45, 7) is 4.49. The van der Waals surface area contributed by atoms with Crippen LogP contribution in [0.3, 0.4) is 0 Å². The highest BCUT2D eigenvalue weighted by molar-refractivity contribution is 5.38. The highest BCUT2D eigenvalue weighted by atomic mass is 15.2. The van der Waals surface area contributed by atoms with E-state index in [0.29, 0.717) is 6.04 Å². The Morgan fingerprint density at radius 1 is 1.21 bits per heavy atom. The van der Waals surface area contributed by atoms with Crippen LogP contribution in [0.1, 0.15) is 26.7 Å². The molecule has 0 spiro atoms. The Morgan fingerprint density at radius 2 is 2.07 bits per heavy atom. The zero-order valence-electron chi connectivity index (χ0n) is 8.90. The van der Waals surface area contributed by atoms with E-state index in [0.717, 1.165) is 6.42 Å². The van der Waals surface area contributed by atoms with Crippen molar-refractivity contribution in [2.45, 2.75) is 32.7 Å². The molecule has 2 aliphatic rings. The topological polar surface area (TPSA) is 3.24 Å². The van der Waals surface area contributed by atoms with Crippen molar-refractivity contribution in [2.75, 3.05) is 0 Å².